The topological polar surface area (TPSA) is 240 Å². The summed E-state index contributed by atoms with van der Waals surface area (Å²) < 4.78 is 60.6. The van der Waals surface area contributed by atoms with E-state index in [1.165, 1.54) is 23.5 Å². The Bertz CT molecular complexity index is 843. The monoisotopic (exact) mass is 562 g/mol. The minimum Gasteiger partial charge on any atom is -0.394 e. The highest BCUT2D eigenvalue weighted by Crippen LogP contribution is 2.50. The summed E-state index contributed by atoms with van der Waals surface area (Å²) in [6.07, 6.45) is -11.8. The molecule has 3 aliphatic rings. The Morgan fingerprint density at radius 2 is 1.03 bits per heavy atom. The van der Waals surface area contributed by atoms with Crippen LogP contribution in [0.15, 0.2) is 0 Å². The number of rotatable bonds is 11. The first-order chi connectivity index (χ1) is 16.7. The third-order valence-electron chi connectivity index (χ3n) is 6.24. The number of hydrogen-bond donors (Lipinski definition) is 7. The van der Waals surface area contributed by atoms with E-state index in [2.05, 4.69) is 0 Å². The first kappa shape index (κ1) is 30.6. The highest BCUT2D eigenvalue weighted by molar-refractivity contribution is 7.47. The molecule has 0 bridgehead atoms. The number of ether oxygens (including phenoxy) is 3. The van der Waals surface area contributed by atoms with Crippen LogP contribution in [-0.4, -0.2) is 152 Å². The minimum absolute atomic E-state index is 0.593. The summed E-state index contributed by atoms with van der Waals surface area (Å²) in [7, 11) is -5.36. The van der Waals surface area contributed by atoms with Gasteiger partial charge in [-0.25, -0.2) is 9.13 Å². The Morgan fingerprint density at radius 1 is 0.639 bits per heavy atom. The fourth-order valence-electron chi connectivity index (χ4n) is 4.16. The van der Waals surface area contributed by atoms with Crippen molar-refractivity contribution in [1.82, 2.24) is 0 Å². The zero-order chi connectivity index (χ0) is 27.0. The maximum Gasteiger partial charge on any atom is 0.472 e. The molecule has 3 rings (SSSR count). The molecule has 0 saturated carbocycles. The van der Waals surface area contributed by atoms with Gasteiger partial charge in [0.05, 0.1) is 37.8 Å². The molecule has 14 unspecified atom stereocenters. The van der Waals surface area contributed by atoms with E-state index in [0.717, 1.165) is 0 Å². The molecule has 14 atom stereocenters. The van der Waals surface area contributed by atoms with Crippen LogP contribution in [-0.2, 0) is 41.4 Å². The van der Waals surface area contributed by atoms with Crippen molar-refractivity contribution in [3.8, 4) is 0 Å². The van der Waals surface area contributed by atoms with Gasteiger partial charge in [0, 0.05) is 0 Å². The van der Waals surface area contributed by atoms with Gasteiger partial charge in [-0.3, -0.25) is 18.1 Å². The molecule has 0 aromatic carbocycles. The van der Waals surface area contributed by atoms with Crippen molar-refractivity contribution in [3.63, 3.8) is 0 Å². The summed E-state index contributed by atoms with van der Waals surface area (Å²) in [6.45, 7) is -1.95. The molecule has 3 saturated heterocycles. The summed E-state index contributed by atoms with van der Waals surface area (Å²) in [4.78, 5) is 20.2. The molecule has 0 aromatic heterocycles. The van der Waals surface area contributed by atoms with Crippen molar-refractivity contribution in [2.24, 2.45) is 0 Å². The second-order valence-corrected chi connectivity index (χ2v) is 11.8. The number of phosphoric acid groups is 2. The zero-order valence-corrected chi connectivity index (χ0v) is 21.5. The lowest BCUT2D eigenvalue weighted by Crippen LogP contribution is -2.38. The molecule has 3 aliphatic heterocycles. The summed E-state index contributed by atoms with van der Waals surface area (Å²) in [5.74, 6) is 0. The van der Waals surface area contributed by atoms with Crippen molar-refractivity contribution >= 4 is 39.2 Å². The molecule has 21 heteroatoms. The van der Waals surface area contributed by atoms with Crippen LogP contribution in [0, 0.1) is 0 Å². The van der Waals surface area contributed by atoms with Gasteiger partial charge in [0.25, 0.3) is 0 Å². The predicted molar refractivity (Wildman–Crippen MR) is 124 cm³/mol. The van der Waals surface area contributed by atoms with E-state index in [1.54, 1.807) is 0 Å². The third kappa shape index (κ3) is 7.18. The molecule has 0 radical (unpaired) electrons. The summed E-state index contributed by atoms with van der Waals surface area (Å²) in [6, 6.07) is -2.44. The van der Waals surface area contributed by atoms with E-state index in [1.807, 2.05) is 0 Å². The predicted octanol–water partition coefficient (Wildman–Crippen LogP) is -6.50. The fraction of sp³-hybridized carbons (Fsp3) is 1.00. The molecule has 16 nitrogen and oxygen atoms in total. The van der Waals surface area contributed by atoms with Crippen molar-refractivity contribution in [2.45, 2.75) is 72.9 Å². The minimum atomic E-state index is -4.89. The van der Waals surface area contributed by atoms with Crippen molar-refractivity contribution < 1.29 is 76.8 Å². The van der Waals surface area contributed by atoms with E-state index in [4.69, 9.17) is 32.3 Å². The molecule has 0 spiro atoms. The maximum atomic E-state index is 12.5. The largest absolute Gasteiger partial charge is 0.472 e. The van der Waals surface area contributed by atoms with E-state index in [9.17, 15) is 44.4 Å². The Morgan fingerprint density at radius 3 is 1.47 bits per heavy atom. The molecule has 7 N–H and O–H groups in total. The van der Waals surface area contributed by atoms with E-state index in [0.29, 0.717) is 0 Å². The number of phosphoric ester groups is 2. The molecule has 36 heavy (non-hydrogen) atoms. The standard InChI is InChI=1S/C15H31B3O16P2/c16-13-8(21)7(20)5(31-13)2-28-35(24,25)34-12-6(32-15(18)10(12)23)3-29-36(26,27)33-11-4(1-19)30-14(17)9(11)22/h4-15,19-23H,1-3,16-18H2,(H,24,25)(H,26,27). The van der Waals surface area contributed by atoms with Crippen molar-refractivity contribution in [1.29, 1.82) is 0 Å². The van der Waals surface area contributed by atoms with Crippen LogP contribution in [0.3, 0.4) is 0 Å². The van der Waals surface area contributed by atoms with Gasteiger partial charge in [-0.2, -0.15) is 0 Å². The van der Waals surface area contributed by atoms with Crippen LogP contribution in [0.5, 0.6) is 0 Å². The molecule has 0 amide bonds. The molecule has 0 aromatic rings. The van der Waals surface area contributed by atoms with Crippen molar-refractivity contribution in [3.05, 3.63) is 0 Å². The van der Waals surface area contributed by atoms with Gasteiger partial charge < -0.3 is 49.5 Å². The van der Waals surface area contributed by atoms with Crippen LogP contribution in [0.2, 0.25) is 0 Å². The Hall–Kier alpha value is 0.0948. The third-order valence-corrected chi connectivity index (χ3v) is 8.21. The first-order valence-corrected chi connectivity index (χ1v) is 14.3. The fourth-order valence-corrected chi connectivity index (χ4v) is 6.09. The molecular weight excluding hydrogens is 531 g/mol. The normalized spacial score (nSPS) is 46.5. The second kappa shape index (κ2) is 12.1. The van der Waals surface area contributed by atoms with E-state index < -0.39 is 108 Å². The lowest BCUT2D eigenvalue weighted by atomic mass is 9.93. The number of hydrogen-bond acceptors (Lipinski definition) is 14. The lowest BCUT2D eigenvalue weighted by molar-refractivity contribution is -0.0398. The zero-order valence-electron chi connectivity index (χ0n) is 19.7. The quantitative estimate of drug-likeness (QED) is 0.0916. The Labute approximate surface area is 209 Å². The highest BCUT2D eigenvalue weighted by Gasteiger charge is 2.49. The summed E-state index contributed by atoms with van der Waals surface area (Å²) >= 11 is 0. The second-order valence-electron chi connectivity index (χ2n) is 8.95. The maximum absolute atomic E-state index is 12.5. The molecule has 3 fully saturated rings. The number of aliphatic hydroxyl groups excluding tert-OH is 5. The highest BCUT2D eigenvalue weighted by atomic mass is 31.2. The van der Waals surface area contributed by atoms with Gasteiger partial charge in [0.15, 0.2) is 0 Å². The first-order valence-electron chi connectivity index (χ1n) is 11.3. The van der Waals surface area contributed by atoms with Crippen LogP contribution >= 0.6 is 15.6 Å². The van der Waals surface area contributed by atoms with Crippen LogP contribution in [0.1, 0.15) is 0 Å². The summed E-state index contributed by atoms with van der Waals surface area (Å²) in [5.41, 5.74) is 0. The average molecular weight is 562 g/mol. The molecular formula is C15H31B3O16P2. The van der Waals surface area contributed by atoms with E-state index >= 15 is 0 Å². The summed E-state index contributed by atoms with van der Waals surface area (Å²) in [5, 5.41) is 49.4. The molecule has 3 heterocycles. The smallest absolute Gasteiger partial charge is 0.394 e. The average Bonchev–Trinajstić information content (AvgIpc) is 3.33. The number of aliphatic hydroxyl groups is 5. The van der Waals surface area contributed by atoms with Crippen LogP contribution in [0.25, 0.3) is 0 Å². The van der Waals surface area contributed by atoms with Gasteiger partial charge >= 0.3 is 15.6 Å². The Kier molecular flexibility index (Phi) is 10.3. The van der Waals surface area contributed by atoms with Crippen LogP contribution < -0.4 is 0 Å². The lowest BCUT2D eigenvalue weighted by Gasteiger charge is -2.26. The molecule has 206 valence electrons. The molecule has 0 aliphatic carbocycles. The van der Waals surface area contributed by atoms with Gasteiger partial charge in [-0.05, 0) is 0 Å². The van der Waals surface area contributed by atoms with Gasteiger partial charge in [-0.1, -0.05) is 0 Å². The van der Waals surface area contributed by atoms with Gasteiger partial charge in [0.1, 0.15) is 78.5 Å². The Balaban J connectivity index is 1.57. The van der Waals surface area contributed by atoms with Gasteiger partial charge in [-0.15, -0.1) is 0 Å². The van der Waals surface area contributed by atoms with E-state index in [-0.39, 0.29) is 0 Å². The SMILES string of the molecule is BC1OC(COP(=O)(O)OC2C(COP(=O)(O)OC3C(CO)OC(B)C3O)OC(B)C2O)C(O)C1O. The van der Waals surface area contributed by atoms with Crippen molar-refractivity contribution in [2.75, 3.05) is 19.8 Å². The van der Waals surface area contributed by atoms with Gasteiger partial charge in [0.2, 0.25) is 0 Å². The van der Waals surface area contributed by atoms with Crippen LogP contribution in [0.4, 0.5) is 0 Å².